The number of amides is 1. The molecular formula is C21H23N5O2. The number of carbonyl (C=O) groups is 1. The van der Waals surface area contributed by atoms with E-state index in [9.17, 15) is 9.59 Å². The molecule has 2 aromatic heterocycles. The Labute approximate surface area is 162 Å². The first kappa shape index (κ1) is 18.2. The fourth-order valence-electron chi connectivity index (χ4n) is 3.36. The minimum Gasteiger partial charge on any atom is -0.310 e. The Kier molecular flexibility index (Phi) is 4.81. The Hall–Kier alpha value is -3.22. The Morgan fingerprint density at radius 1 is 1.29 bits per heavy atom. The van der Waals surface area contributed by atoms with Crippen LogP contribution in [0.15, 0.2) is 47.3 Å². The quantitative estimate of drug-likeness (QED) is 0.689. The number of benzene rings is 1. The first-order valence-corrected chi connectivity index (χ1v) is 9.59. The smallest absolute Gasteiger partial charge is 0.252 e. The number of hydrogen-bond donors (Lipinski definition) is 2. The molecule has 2 N–H and O–H groups in total. The molecule has 7 heteroatoms. The highest BCUT2D eigenvalue weighted by Crippen LogP contribution is 2.40. The normalized spacial score (nSPS) is 14.6. The third-order valence-electron chi connectivity index (χ3n) is 4.96. The number of hydrogen-bond acceptors (Lipinski definition) is 4. The molecule has 0 radical (unpaired) electrons. The van der Waals surface area contributed by atoms with Crippen LogP contribution in [-0.4, -0.2) is 25.7 Å². The molecular weight excluding hydrogens is 354 g/mol. The van der Waals surface area contributed by atoms with Crippen molar-refractivity contribution in [2.75, 3.05) is 5.32 Å². The van der Waals surface area contributed by atoms with E-state index in [-0.39, 0.29) is 17.4 Å². The van der Waals surface area contributed by atoms with E-state index in [0.717, 1.165) is 24.1 Å². The third kappa shape index (κ3) is 3.74. The van der Waals surface area contributed by atoms with E-state index in [1.165, 1.54) is 10.7 Å². The van der Waals surface area contributed by atoms with Crippen LogP contribution >= 0.6 is 0 Å². The van der Waals surface area contributed by atoms with Gasteiger partial charge in [0.25, 0.3) is 5.56 Å². The summed E-state index contributed by atoms with van der Waals surface area (Å²) in [5, 5.41) is 7.60. The lowest BCUT2D eigenvalue weighted by atomic mass is 9.96. The van der Waals surface area contributed by atoms with Crippen molar-refractivity contribution in [2.24, 2.45) is 0 Å². The Morgan fingerprint density at radius 3 is 2.68 bits per heavy atom. The first-order chi connectivity index (χ1) is 13.5. The highest BCUT2D eigenvalue weighted by molar-refractivity contribution is 5.95. The van der Waals surface area contributed by atoms with E-state index in [4.69, 9.17) is 0 Å². The average molecular weight is 377 g/mol. The van der Waals surface area contributed by atoms with Crippen LogP contribution in [0, 0.1) is 6.92 Å². The van der Waals surface area contributed by atoms with Gasteiger partial charge in [-0.05, 0) is 31.7 Å². The summed E-state index contributed by atoms with van der Waals surface area (Å²) in [5.41, 5.74) is 2.22. The van der Waals surface area contributed by atoms with Crippen molar-refractivity contribution in [3.05, 3.63) is 69.8 Å². The molecule has 0 saturated heterocycles. The summed E-state index contributed by atoms with van der Waals surface area (Å²) in [7, 11) is 0. The summed E-state index contributed by atoms with van der Waals surface area (Å²) in [5.74, 6) is 0.866. The number of carbonyl (C=O) groups excluding carboxylic acids is 1. The highest BCUT2D eigenvalue weighted by Gasteiger charge is 2.29. The van der Waals surface area contributed by atoms with Crippen LogP contribution in [-0.2, 0) is 4.79 Å². The highest BCUT2D eigenvalue weighted by atomic mass is 16.2. The third-order valence-corrected chi connectivity index (χ3v) is 4.96. The Bertz CT molecular complexity index is 1050. The van der Waals surface area contributed by atoms with E-state index < -0.39 is 0 Å². The van der Waals surface area contributed by atoms with Crippen molar-refractivity contribution in [1.29, 1.82) is 0 Å². The molecule has 1 unspecified atom stereocenters. The largest absolute Gasteiger partial charge is 0.310 e. The number of rotatable bonds is 6. The number of nitrogens with zero attached hydrogens (tertiary/aromatic N) is 3. The first-order valence-electron chi connectivity index (χ1n) is 9.59. The zero-order valence-corrected chi connectivity index (χ0v) is 16.0. The number of aromatic nitrogens is 4. The number of aromatic amines is 1. The minimum absolute atomic E-state index is 0.104. The second-order valence-electron chi connectivity index (χ2n) is 7.21. The summed E-state index contributed by atoms with van der Waals surface area (Å²) in [4.78, 5) is 32.0. The number of anilines is 1. The molecule has 1 aliphatic rings. The van der Waals surface area contributed by atoms with Crippen LogP contribution in [0.1, 0.15) is 55.0 Å². The van der Waals surface area contributed by atoms with Gasteiger partial charge in [0.2, 0.25) is 11.9 Å². The van der Waals surface area contributed by atoms with Crippen LogP contribution in [0.25, 0.3) is 5.95 Å². The van der Waals surface area contributed by atoms with Gasteiger partial charge in [-0.25, -0.2) is 4.98 Å². The van der Waals surface area contributed by atoms with E-state index in [0.29, 0.717) is 29.8 Å². The Balaban J connectivity index is 1.68. The molecule has 7 nitrogen and oxygen atoms in total. The summed E-state index contributed by atoms with van der Waals surface area (Å²) < 4.78 is 1.53. The molecule has 2 heterocycles. The van der Waals surface area contributed by atoms with Gasteiger partial charge in [0.1, 0.15) is 5.82 Å². The van der Waals surface area contributed by atoms with Crippen molar-refractivity contribution in [3.8, 4) is 5.95 Å². The number of aryl methyl sites for hydroxylation is 1. The van der Waals surface area contributed by atoms with Crippen LogP contribution in [0.4, 0.5) is 5.82 Å². The predicted molar refractivity (Wildman–Crippen MR) is 107 cm³/mol. The minimum atomic E-state index is -0.265. The monoisotopic (exact) mass is 377 g/mol. The second-order valence-corrected chi connectivity index (χ2v) is 7.21. The fraction of sp³-hybridized carbons (Fsp3) is 0.333. The van der Waals surface area contributed by atoms with Gasteiger partial charge in [-0.3, -0.25) is 14.6 Å². The van der Waals surface area contributed by atoms with Crippen molar-refractivity contribution in [3.63, 3.8) is 0 Å². The lowest BCUT2D eigenvalue weighted by Gasteiger charge is -2.16. The van der Waals surface area contributed by atoms with Crippen molar-refractivity contribution in [2.45, 2.75) is 44.9 Å². The van der Waals surface area contributed by atoms with Crippen LogP contribution < -0.4 is 10.9 Å². The molecule has 3 aromatic rings. The van der Waals surface area contributed by atoms with Gasteiger partial charge in [0.15, 0.2) is 0 Å². The van der Waals surface area contributed by atoms with Crippen LogP contribution in [0.2, 0.25) is 0 Å². The van der Waals surface area contributed by atoms with Crippen molar-refractivity contribution in [1.82, 2.24) is 19.7 Å². The SMILES string of the molecule is CCC(C(=O)Nc1cc(C2CC2)nn1-c1nc(C)cc(=O)[nH]1)c1ccccc1. The zero-order valence-electron chi connectivity index (χ0n) is 16.0. The maximum atomic E-state index is 13.0. The summed E-state index contributed by atoms with van der Waals surface area (Å²) in [6, 6.07) is 13.0. The van der Waals surface area contributed by atoms with Gasteiger partial charge in [-0.1, -0.05) is 37.3 Å². The molecule has 0 spiro atoms. The molecule has 1 aliphatic carbocycles. The van der Waals surface area contributed by atoms with Gasteiger partial charge in [-0.15, -0.1) is 0 Å². The maximum absolute atomic E-state index is 13.0. The summed E-state index contributed by atoms with van der Waals surface area (Å²) in [6.45, 7) is 3.74. The van der Waals surface area contributed by atoms with E-state index in [1.807, 2.05) is 43.3 Å². The van der Waals surface area contributed by atoms with Crippen molar-refractivity contribution < 1.29 is 4.79 Å². The predicted octanol–water partition coefficient (Wildman–Crippen LogP) is 3.27. The number of nitrogens with one attached hydrogen (secondary N) is 2. The average Bonchev–Trinajstić information content (AvgIpc) is 3.43. The van der Waals surface area contributed by atoms with Crippen LogP contribution in [0.5, 0.6) is 0 Å². The molecule has 0 bridgehead atoms. The molecule has 4 rings (SSSR count). The lowest BCUT2D eigenvalue weighted by Crippen LogP contribution is -2.23. The van der Waals surface area contributed by atoms with Gasteiger partial charge >= 0.3 is 0 Å². The van der Waals surface area contributed by atoms with Gasteiger partial charge in [0, 0.05) is 23.7 Å². The maximum Gasteiger partial charge on any atom is 0.252 e. The van der Waals surface area contributed by atoms with Gasteiger partial charge < -0.3 is 5.32 Å². The molecule has 1 fully saturated rings. The molecule has 0 aliphatic heterocycles. The molecule has 1 saturated carbocycles. The standard InChI is InChI=1S/C21H23N5O2/c1-3-16(14-7-5-4-6-8-14)20(28)23-18-12-17(15-9-10-15)25-26(18)21-22-13(2)11-19(27)24-21/h4-8,11-12,15-16H,3,9-10H2,1-2H3,(H,23,28)(H,22,24,27). The van der Waals surface area contributed by atoms with E-state index in [1.54, 1.807) is 6.92 Å². The Morgan fingerprint density at radius 2 is 2.04 bits per heavy atom. The molecule has 1 amide bonds. The molecule has 28 heavy (non-hydrogen) atoms. The molecule has 1 aromatic carbocycles. The molecule has 1 atom stereocenters. The van der Waals surface area contributed by atoms with E-state index >= 15 is 0 Å². The van der Waals surface area contributed by atoms with Crippen molar-refractivity contribution >= 4 is 11.7 Å². The van der Waals surface area contributed by atoms with E-state index in [2.05, 4.69) is 20.4 Å². The fourth-order valence-corrected chi connectivity index (χ4v) is 3.36. The topological polar surface area (TPSA) is 92.7 Å². The van der Waals surface area contributed by atoms with Gasteiger partial charge in [-0.2, -0.15) is 9.78 Å². The number of H-pyrrole nitrogens is 1. The molecule has 144 valence electrons. The van der Waals surface area contributed by atoms with Gasteiger partial charge in [0.05, 0.1) is 11.6 Å². The second kappa shape index (κ2) is 7.42. The summed E-state index contributed by atoms with van der Waals surface area (Å²) in [6.07, 6.45) is 2.85. The zero-order chi connectivity index (χ0) is 19.7. The van der Waals surface area contributed by atoms with Crippen LogP contribution in [0.3, 0.4) is 0 Å². The lowest BCUT2D eigenvalue weighted by molar-refractivity contribution is -0.117. The summed E-state index contributed by atoms with van der Waals surface area (Å²) >= 11 is 0.